The van der Waals surface area contributed by atoms with Gasteiger partial charge in [-0.3, -0.25) is 4.79 Å². The number of rotatable bonds is 5. The van der Waals surface area contributed by atoms with Gasteiger partial charge in [-0.05, 0) is 72.1 Å². The predicted octanol–water partition coefficient (Wildman–Crippen LogP) is 4.10. The summed E-state index contributed by atoms with van der Waals surface area (Å²) < 4.78 is 17.5. The second kappa shape index (κ2) is 7.77. The predicted molar refractivity (Wildman–Crippen MR) is 108 cm³/mol. The summed E-state index contributed by atoms with van der Waals surface area (Å²) >= 11 is 1.36. The van der Waals surface area contributed by atoms with Gasteiger partial charge < -0.3 is 19.4 Å². The first kappa shape index (κ1) is 21.7. The summed E-state index contributed by atoms with van der Waals surface area (Å²) in [6.45, 7) is 13.5. The molecule has 0 bridgehead atoms. The molecule has 0 aromatic carbocycles. The smallest absolute Gasteiger partial charge is 0.444 e. The number of ether oxygens (including phenoxy) is 1. The van der Waals surface area contributed by atoms with Gasteiger partial charge in [0.25, 0.3) is 0 Å². The average Bonchev–Trinajstić information content (AvgIpc) is 3.03. The lowest BCUT2D eigenvalue weighted by Crippen LogP contribution is -2.41. The largest absolute Gasteiger partial charge is 0.492 e. The van der Waals surface area contributed by atoms with Crippen LogP contribution >= 0.6 is 11.3 Å². The summed E-state index contributed by atoms with van der Waals surface area (Å²) in [6, 6.07) is 3.61. The number of aldehydes is 1. The molecule has 0 unspecified atom stereocenters. The SMILES string of the molecule is CC(C)(C)OC(=O)NCC(=Cc1ccc(C=O)s1)B1OC(C)(C)C(C)(C)O1. The Kier molecular flexibility index (Phi) is 6.24. The van der Waals surface area contributed by atoms with Gasteiger partial charge in [-0.1, -0.05) is 0 Å². The van der Waals surface area contributed by atoms with Gasteiger partial charge in [0.2, 0.25) is 0 Å². The fraction of sp³-hybridized carbons (Fsp3) is 0.579. The molecule has 1 aromatic heterocycles. The Hall–Kier alpha value is -1.64. The molecular weight excluding hydrogens is 365 g/mol. The van der Waals surface area contributed by atoms with Crippen LogP contribution < -0.4 is 5.32 Å². The third kappa shape index (κ3) is 5.67. The zero-order valence-corrected chi connectivity index (χ0v) is 17.9. The summed E-state index contributed by atoms with van der Waals surface area (Å²) in [4.78, 5) is 24.5. The molecule has 1 aliphatic heterocycles. The van der Waals surface area contributed by atoms with E-state index in [0.717, 1.165) is 16.6 Å². The van der Waals surface area contributed by atoms with Gasteiger partial charge in [0.15, 0.2) is 6.29 Å². The van der Waals surface area contributed by atoms with Gasteiger partial charge >= 0.3 is 13.2 Å². The van der Waals surface area contributed by atoms with Crippen LogP contribution in [0, 0.1) is 0 Å². The summed E-state index contributed by atoms with van der Waals surface area (Å²) in [7, 11) is -0.605. The van der Waals surface area contributed by atoms with Crippen molar-refractivity contribution >= 4 is 36.9 Å². The Morgan fingerprint density at radius 3 is 2.22 bits per heavy atom. The van der Waals surface area contributed by atoms with E-state index in [2.05, 4.69) is 5.32 Å². The topological polar surface area (TPSA) is 73.9 Å². The van der Waals surface area contributed by atoms with Crippen LogP contribution in [-0.2, 0) is 14.0 Å². The van der Waals surface area contributed by atoms with Gasteiger partial charge in [0, 0.05) is 11.4 Å². The Bertz CT molecular complexity index is 717. The number of hydrogen-bond donors (Lipinski definition) is 1. The summed E-state index contributed by atoms with van der Waals surface area (Å²) in [5.74, 6) is 0. The molecule has 2 rings (SSSR count). The molecule has 1 amide bonds. The molecule has 27 heavy (non-hydrogen) atoms. The summed E-state index contributed by atoms with van der Waals surface area (Å²) in [5.41, 5.74) is -0.817. The Labute approximate surface area is 165 Å². The van der Waals surface area contributed by atoms with Crippen molar-refractivity contribution in [2.45, 2.75) is 65.3 Å². The normalized spacial score (nSPS) is 19.1. The molecule has 2 heterocycles. The molecule has 8 heteroatoms. The third-order valence-corrected chi connectivity index (χ3v) is 5.44. The van der Waals surface area contributed by atoms with Gasteiger partial charge in [0.1, 0.15) is 5.60 Å². The highest BCUT2D eigenvalue weighted by atomic mass is 32.1. The van der Waals surface area contributed by atoms with E-state index in [1.165, 1.54) is 11.3 Å². The maximum Gasteiger partial charge on any atom is 0.492 e. The highest BCUT2D eigenvalue weighted by Gasteiger charge is 2.52. The van der Waals surface area contributed by atoms with E-state index in [1.807, 2.05) is 60.6 Å². The molecule has 1 N–H and O–H groups in total. The van der Waals surface area contributed by atoms with E-state index in [-0.39, 0.29) is 6.54 Å². The van der Waals surface area contributed by atoms with Crippen molar-refractivity contribution in [1.82, 2.24) is 5.32 Å². The molecular formula is C19H28BNO5S. The molecule has 1 saturated heterocycles. The minimum absolute atomic E-state index is 0.208. The van der Waals surface area contributed by atoms with Crippen molar-refractivity contribution < 1.29 is 23.6 Å². The fourth-order valence-electron chi connectivity index (χ4n) is 2.38. The standard InChI is InChI=1S/C19H28BNO5S/c1-17(2,3)24-16(23)21-11-13(10-14-8-9-15(12-22)27-14)20-25-18(4,5)19(6,7)26-20/h8-10,12H,11H2,1-7H3,(H,21,23). The molecule has 0 saturated carbocycles. The average molecular weight is 393 g/mol. The first-order valence-electron chi connectivity index (χ1n) is 8.91. The van der Waals surface area contributed by atoms with Crippen LogP contribution in [0.3, 0.4) is 0 Å². The molecule has 6 nitrogen and oxygen atoms in total. The Morgan fingerprint density at radius 1 is 1.19 bits per heavy atom. The zero-order chi connectivity index (χ0) is 20.5. The van der Waals surface area contributed by atoms with E-state index in [4.69, 9.17) is 14.0 Å². The number of nitrogens with one attached hydrogen (secondary N) is 1. The lowest BCUT2D eigenvalue weighted by molar-refractivity contribution is 0.00578. The molecule has 0 spiro atoms. The second-order valence-corrected chi connectivity index (χ2v) is 9.67. The number of hydrogen-bond acceptors (Lipinski definition) is 6. The maximum atomic E-state index is 12.0. The fourth-order valence-corrected chi connectivity index (χ4v) is 3.18. The van der Waals surface area contributed by atoms with Crippen molar-refractivity contribution in [2.75, 3.05) is 6.54 Å². The van der Waals surface area contributed by atoms with E-state index in [9.17, 15) is 9.59 Å². The number of carbonyl (C=O) groups excluding carboxylic acids is 2. The summed E-state index contributed by atoms with van der Waals surface area (Å²) in [6.07, 6.45) is 2.19. The van der Waals surface area contributed by atoms with Crippen LogP contribution in [0.4, 0.5) is 4.79 Å². The van der Waals surface area contributed by atoms with Crippen LogP contribution in [-0.4, -0.2) is 42.8 Å². The monoisotopic (exact) mass is 393 g/mol. The molecule has 1 aromatic rings. The molecule has 1 aliphatic rings. The van der Waals surface area contributed by atoms with E-state index in [0.29, 0.717) is 4.88 Å². The Balaban J connectivity index is 2.21. The number of alkyl carbamates (subject to hydrolysis) is 1. The van der Waals surface area contributed by atoms with Crippen LogP contribution in [0.15, 0.2) is 17.6 Å². The van der Waals surface area contributed by atoms with Crippen LogP contribution in [0.25, 0.3) is 6.08 Å². The van der Waals surface area contributed by atoms with E-state index >= 15 is 0 Å². The molecule has 1 fully saturated rings. The van der Waals surface area contributed by atoms with Crippen molar-refractivity contribution in [2.24, 2.45) is 0 Å². The lowest BCUT2D eigenvalue weighted by Gasteiger charge is -2.32. The van der Waals surface area contributed by atoms with Crippen LogP contribution in [0.5, 0.6) is 0 Å². The number of thiophene rings is 1. The first-order valence-corrected chi connectivity index (χ1v) is 9.72. The highest BCUT2D eigenvalue weighted by molar-refractivity contribution is 7.14. The van der Waals surface area contributed by atoms with Gasteiger partial charge in [0.05, 0.1) is 16.1 Å². The van der Waals surface area contributed by atoms with Crippen molar-refractivity contribution in [3.05, 3.63) is 27.4 Å². The van der Waals surface area contributed by atoms with Crippen molar-refractivity contribution in [3.63, 3.8) is 0 Å². The van der Waals surface area contributed by atoms with Gasteiger partial charge in [-0.15, -0.1) is 11.3 Å². The van der Waals surface area contributed by atoms with Crippen LogP contribution in [0.2, 0.25) is 0 Å². The maximum absolute atomic E-state index is 12.0. The minimum atomic E-state index is -0.605. The quantitative estimate of drug-likeness (QED) is 0.602. The van der Waals surface area contributed by atoms with E-state index in [1.54, 1.807) is 6.07 Å². The van der Waals surface area contributed by atoms with Crippen molar-refractivity contribution in [1.29, 1.82) is 0 Å². The molecule has 0 radical (unpaired) electrons. The van der Waals surface area contributed by atoms with E-state index < -0.39 is 30.0 Å². The zero-order valence-electron chi connectivity index (χ0n) is 17.0. The molecule has 0 aliphatic carbocycles. The van der Waals surface area contributed by atoms with Crippen molar-refractivity contribution in [3.8, 4) is 0 Å². The summed E-state index contributed by atoms with van der Waals surface area (Å²) in [5, 5.41) is 2.76. The first-order chi connectivity index (χ1) is 12.3. The van der Waals surface area contributed by atoms with Gasteiger partial charge in [-0.25, -0.2) is 4.79 Å². The highest BCUT2D eigenvalue weighted by Crippen LogP contribution is 2.39. The van der Waals surface area contributed by atoms with Gasteiger partial charge in [-0.2, -0.15) is 0 Å². The third-order valence-electron chi connectivity index (χ3n) is 4.48. The van der Waals surface area contributed by atoms with Crippen LogP contribution in [0.1, 0.15) is 63.0 Å². The Morgan fingerprint density at radius 2 is 1.74 bits per heavy atom. The lowest BCUT2D eigenvalue weighted by atomic mass is 9.77. The molecule has 0 atom stereocenters. The minimum Gasteiger partial charge on any atom is -0.444 e. The number of carbonyl (C=O) groups is 2. The second-order valence-electron chi connectivity index (χ2n) is 8.52. The molecule has 148 valence electrons. The number of amides is 1.